The highest BCUT2D eigenvalue weighted by Crippen LogP contribution is 2.23. The van der Waals surface area contributed by atoms with Gasteiger partial charge in [0.05, 0.1) is 12.6 Å². The fourth-order valence-electron chi connectivity index (χ4n) is 1.87. The monoisotopic (exact) mass is 277 g/mol. The molecule has 0 aliphatic heterocycles. The van der Waals surface area contributed by atoms with Crippen LogP contribution in [0.25, 0.3) is 0 Å². The molecule has 0 spiro atoms. The SMILES string of the molecule is O=C(O)[C@@H](N[C@@H](CO)c1ccccc1)c1cccs1. The molecular weight excluding hydrogens is 262 g/mol. The Hall–Kier alpha value is -1.69. The predicted molar refractivity (Wildman–Crippen MR) is 74.1 cm³/mol. The molecule has 0 radical (unpaired) electrons. The lowest BCUT2D eigenvalue weighted by molar-refractivity contribution is -0.139. The summed E-state index contributed by atoms with van der Waals surface area (Å²) in [5, 5.41) is 23.6. The van der Waals surface area contributed by atoms with Gasteiger partial charge in [0, 0.05) is 4.88 Å². The van der Waals surface area contributed by atoms with Gasteiger partial charge in [-0.2, -0.15) is 0 Å². The van der Waals surface area contributed by atoms with Crippen molar-refractivity contribution in [1.29, 1.82) is 0 Å². The van der Waals surface area contributed by atoms with Crippen LogP contribution in [0.2, 0.25) is 0 Å². The minimum absolute atomic E-state index is 0.154. The molecule has 100 valence electrons. The van der Waals surface area contributed by atoms with Crippen LogP contribution in [0, 0.1) is 0 Å². The molecule has 19 heavy (non-hydrogen) atoms. The van der Waals surface area contributed by atoms with Crippen LogP contribution in [-0.4, -0.2) is 22.8 Å². The van der Waals surface area contributed by atoms with Crippen LogP contribution in [-0.2, 0) is 4.79 Å². The van der Waals surface area contributed by atoms with Crippen molar-refractivity contribution in [1.82, 2.24) is 5.32 Å². The Morgan fingerprint density at radius 3 is 2.47 bits per heavy atom. The molecule has 0 amide bonds. The number of rotatable bonds is 6. The largest absolute Gasteiger partial charge is 0.480 e. The molecule has 0 aliphatic rings. The first-order valence-corrected chi connectivity index (χ1v) is 6.78. The highest BCUT2D eigenvalue weighted by atomic mass is 32.1. The van der Waals surface area contributed by atoms with E-state index in [9.17, 15) is 15.0 Å². The molecule has 0 saturated carbocycles. The third-order valence-corrected chi connectivity index (χ3v) is 3.76. The van der Waals surface area contributed by atoms with Gasteiger partial charge in [-0.25, -0.2) is 0 Å². The summed E-state index contributed by atoms with van der Waals surface area (Å²) in [6, 6.07) is 11.7. The Morgan fingerprint density at radius 2 is 1.95 bits per heavy atom. The average molecular weight is 277 g/mol. The standard InChI is InChI=1S/C14H15NO3S/c16-9-11(10-5-2-1-3-6-10)15-13(14(17)18)12-7-4-8-19-12/h1-8,11,13,15-16H,9H2,(H,17,18)/t11-,13-/m0/s1. The lowest BCUT2D eigenvalue weighted by Gasteiger charge is -2.21. The summed E-state index contributed by atoms with van der Waals surface area (Å²) in [4.78, 5) is 12.1. The van der Waals surface area contributed by atoms with Crippen molar-refractivity contribution < 1.29 is 15.0 Å². The Kier molecular flexibility index (Phi) is 4.68. The maximum Gasteiger partial charge on any atom is 0.326 e. The lowest BCUT2D eigenvalue weighted by atomic mass is 10.1. The first-order valence-electron chi connectivity index (χ1n) is 5.90. The molecule has 0 bridgehead atoms. The van der Waals surface area contributed by atoms with Gasteiger partial charge in [0.2, 0.25) is 0 Å². The van der Waals surface area contributed by atoms with E-state index in [2.05, 4.69) is 5.32 Å². The maximum absolute atomic E-state index is 11.3. The van der Waals surface area contributed by atoms with E-state index in [1.807, 2.05) is 41.8 Å². The summed E-state index contributed by atoms with van der Waals surface area (Å²) < 4.78 is 0. The second-order valence-corrected chi connectivity index (χ2v) is 5.08. The van der Waals surface area contributed by atoms with E-state index >= 15 is 0 Å². The molecule has 1 heterocycles. The van der Waals surface area contributed by atoms with Crippen molar-refractivity contribution >= 4 is 17.3 Å². The van der Waals surface area contributed by atoms with Crippen LogP contribution in [0.5, 0.6) is 0 Å². The zero-order chi connectivity index (χ0) is 13.7. The second-order valence-electron chi connectivity index (χ2n) is 4.10. The van der Waals surface area contributed by atoms with Crippen LogP contribution >= 0.6 is 11.3 Å². The molecule has 0 unspecified atom stereocenters. The summed E-state index contributed by atoms with van der Waals surface area (Å²) in [5.74, 6) is -0.947. The van der Waals surface area contributed by atoms with Gasteiger partial charge < -0.3 is 10.2 Å². The molecule has 2 rings (SSSR count). The van der Waals surface area contributed by atoms with E-state index < -0.39 is 18.1 Å². The molecule has 5 heteroatoms. The van der Waals surface area contributed by atoms with Crippen molar-refractivity contribution in [2.24, 2.45) is 0 Å². The summed E-state index contributed by atoms with van der Waals surface area (Å²) in [7, 11) is 0. The third kappa shape index (κ3) is 3.41. The quantitative estimate of drug-likeness (QED) is 0.757. The van der Waals surface area contributed by atoms with Gasteiger partial charge in [-0.05, 0) is 17.0 Å². The Labute approximate surface area is 115 Å². The number of hydrogen-bond acceptors (Lipinski definition) is 4. The summed E-state index contributed by atoms with van der Waals surface area (Å²) >= 11 is 1.38. The molecular formula is C14H15NO3S. The smallest absolute Gasteiger partial charge is 0.326 e. The van der Waals surface area contributed by atoms with Crippen molar-refractivity contribution in [3.8, 4) is 0 Å². The summed E-state index contributed by atoms with van der Waals surface area (Å²) in [6.07, 6.45) is 0. The number of benzene rings is 1. The van der Waals surface area contributed by atoms with Crippen LogP contribution in [0.15, 0.2) is 47.8 Å². The number of aliphatic hydroxyl groups is 1. The van der Waals surface area contributed by atoms with Gasteiger partial charge in [0.25, 0.3) is 0 Å². The van der Waals surface area contributed by atoms with Gasteiger partial charge in [-0.3, -0.25) is 10.1 Å². The lowest BCUT2D eigenvalue weighted by Crippen LogP contribution is -2.33. The maximum atomic E-state index is 11.3. The predicted octanol–water partition coefficient (Wildman–Crippen LogP) is 2.20. The van der Waals surface area contributed by atoms with Crippen LogP contribution < -0.4 is 5.32 Å². The Balaban J connectivity index is 2.18. The first-order chi connectivity index (χ1) is 9.22. The zero-order valence-corrected chi connectivity index (χ0v) is 11.0. The number of aliphatic hydroxyl groups excluding tert-OH is 1. The van der Waals surface area contributed by atoms with Gasteiger partial charge in [-0.15, -0.1) is 11.3 Å². The fourth-order valence-corrected chi connectivity index (χ4v) is 2.65. The Morgan fingerprint density at radius 1 is 1.21 bits per heavy atom. The van der Waals surface area contributed by atoms with Crippen molar-refractivity contribution in [2.45, 2.75) is 12.1 Å². The average Bonchev–Trinajstić information content (AvgIpc) is 2.94. The van der Waals surface area contributed by atoms with E-state index in [-0.39, 0.29) is 6.61 Å². The summed E-state index contributed by atoms with van der Waals surface area (Å²) in [6.45, 7) is -0.154. The number of carbonyl (C=O) groups is 1. The highest BCUT2D eigenvalue weighted by Gasteiger charge is 2.24. The topological polar surface area (TPSA) is 69.6 Å². The fraction of sp³-hybridized carbons (Fsp3) is 0.214. The van der Waals surface area contributed by atoms with E-state index in [1.54, 1.807) is 6.07 Å². The normalized spacial score (nSPS) is 13.9. The first kappa shape index (κ1) is 13.7. The van der Waals surface area contributed by atoms with E-state index in [1.165, 1.54) is 11.3 Å². The minimum Gasteiger partial charge on any atom is -0.480 e. The number of carboxylic acids is 1. The minimum atomic E-state index is -0.947. The van der Waals surface area contributed by atoms with E-state index in [0.717, 1.165) is 10.4 Å². The van der Waals surface area contributed by atoms with Gasteiger partial charge in [-0.1, -0.05) is 36.4 Å². The van der Waals surface area contributed by atoms with E-state index in [0.29, 0.717) is 0 Å². The molecule has 3 N–H and O–H groups in total. The van der Waals surface area contributed by atoms with Crippen LogP contribution in [0.3, 0.4) is 0 Å². The molecule has 4 nitrogen and oxygen atoms in total. The van der Waals surface area contributed by atoms with Crippen molar-refractivity contribution in [3.05, 3.63) is 58.3 Å². The summed E-state index contributed by atoms with van der Waals surface area (Å²) in [5.41, 5.74) is 0.868. The molecule has 0 saturated heterocycles. The molecule has 1 aromatic heterocycles. The van der Waals surface area contributed by atoms with Gasteiger partial charge >= 0.3 is 5.97 Å². The third-order valence-electron chi connectivity index (χ3n) is 2.83. The van der Waals surface area contributed by atoms with E-state index in [4.69, 9.17) is 0 Å². The number of aliphatic carboxylic acids is 1. The van der Waals surface area contributed by atoms with Crippen molar-refractivity contribution in [2.75, 3.05) is 6.61 Å². The molecule has 2 aromatic rings. The van der Waals surface area contributed by atoms with Gasteiger partial charge in [0.15, 0.2) is 0 Å². The number of nitrogens with one attached hydrogen (secondary N) is 1. The van der Waals surface area contributed by atoms with Crippen molar-refractivity contribution in [3.63, 3.8) is 0 Å². The second kappa shape index (κ2) is 6.47. The van der Waals surface area contributed by atoms with Gasteiger partial charge in [0.1, 0.15) is 6.04 Å². The molecule has 1 aromatic carbocycles. The van der Waals surface area contributed by atoms with Crippen LogP contribution in [0.1, 0.15) is 22.5 Å². The number of hydrogen-bond donors (Lipinski definition) is 3. The Bertz CT molecular complexity index is 513. The molecule has 0 fully saturated rings. The molecule has 2 atom stereocenters. The highest BCUT2D eigenvalue weighted by molar-refractivity contribution is 7.10. The zero-order valence-electron chi connectivity index (χ0n) is 10.2. The number of thiophene rings is 1. The molecule has 0 aliphatic carbocycles. The van der Waals surface area contributed by atoms with Crippen LogP contribution in [0.4, 0.5) is 0 Å². The number of carboxylic acid groups (broad SMARTS) is 1.